The van der Waals surface area contributed by atoms with Crippen LogP contribution in [0.4, 0.5) is 13.6 Å². The number of alkyl carbamates (subject to hydrolysis) is 1. The first-order valence-corrected chi connectivity index (χ1v) is 10.1. The Balaban J connectivity index is 1.41. The molecule has 2 N–H and O–H groups in total. The van der Waals surface area contributed by atoms with Gasteiger partial charge in [-0.2, -0.15) is 0 Å². The van der Waals surface area contributed by atoms with Gasteiger partial charge in [0.2, 0.25) is 5.92 Å². The van der Waals surface area contributed by atoms with Crippen molar-refractivity contribution in [1.29, 1.82) is 0 Å². The predicted molar refractivity (Wildman–Crippen MR) is 107 cm³/mol. The van der Waals surface area contributed by atoms with Crippen molar-refractivity contribution in [2.75, 3.05) is 6.61 Å². The molecule has 158 valence electrons. The molecular weight excluding hydrogens is 392 g/mol. The van der Waals surface area contributed by atoms with Gasteiger partial charge < -0.3 is 15.2 Å². The minimum atomic E-state index is -2.76. The van der Waals surface area contributed by atoms with Crippen LogP contribution in [0.15, 0.2) is 48.5 Å². The first-order chi connectivity index (χ1) is 14.4. The van der Waals surface area contributed by atoms with E-state index < -0.39 is 29.9 Å². The summed E-state index contributed by atoms with van der Waals surface area (Å²) in [6.45, 7) is 0.0644. The summed E-state index contributed by atoms with van der Waals surface area (Å²) in [5, 5.41) is 11.9. The molecule has 0 bridgehead atoms. The molecule has 2 aliphatic carbocycles. The molecule has 2 aliphatic rings. The number of aliphatic carboxylic acids is 1. The second kappa shape index (κ2) is 8.05. The van der Waals surface area contributed by atoms with Crippen LogP contribution in [0.25, 0.3) is 11.1 Å². The molecule has 0 radical (unpaired) electrons. The highest BCUT2D eigenvalue weighted by Crippen LogP contribution is 2.44. The van der Waals surface area contributed by atoms with Crippen LogP contribution in [0.5, 0.6) is 0 Å². The van der Waals surface area contributed by atoms with Gasteiger partial charge in [-0.3, -0.25) is 0 Å². The summed E-state index contributed by atoms with van der Waals surface area (Å²) in [5.74, 6) is -4.68. The van der Waals surface area contributed by atoms with Crippen LogP contribution in [0.1, 0.15) is 42.7 Å². The minimum Gasteiger partial charge on any atom is -0.480 e. The maximum absolute atomic E-state index is 13.4. The fourth-order valence-electron chi connectivity index (χ4n) is 4.54. The standard InChI is InChI=1S/C23H23F2NO4/c24-23(25)11-9-14(10-12-23)20(21(27)28)26-22(29)30-13-19-17-7-3-1-5-15(17)16-6-2-4-8-18(16)19/h1-8,14,19-20H,9-13H2,(H,26,29)(H,27,28)/t20-/m0/s1. The number of fused-ring (bicyclic) bond motifs is 3. The number of halogens is 2. The second-order valence-corrected chi connectivity index (χ2v) is 7.98. The normalized spacial score (nSPS) is 18.9. The molecule has 2 aromatic rings. The van der Waals surface area contributed by atoms with Gasteiger partial charge in [0.05, 0.1) is 0 Å². The number of hydrogen-bond acceptors (Lipinski definition) is 3. The maximum Gasteiger partial charge on any atom is 0.407 e. The van der Waals surface area contributed by atoms with Gasteiger partial charge in [-0.05, 0) is 41.0 Å². The largest absolute Gasteiger partial charge is 0.480 e. The molecule has 1 saturated carbocycles. The van der Waals surface area contributed by atoms with Gasteiger partial charge in [0.1, 0.15) is 12.6 Å². The second-order valence-electron chi connectivity index (χ2n) is 7.98. The van der Waals surface area contributed by atoms with Crippen LogP contribution >= 0.6 is 0 Å². The highest BCUT2D eigenvalue weighted by atomic mass is 19.3. The molecule has 7 heteroatoms. The van der Waals surface area contributed by atoms with E-state index in [1.54, 1.807) is 0 Å². The Morgan fingerprint density at radius 2 is 1.57 bits per heavy atom. The summed E-state index contributed by atoms with van der Waals surface area (Å²) >= 11 is 0. The molecule has 0 aromatic heterocycles. The molecule has 4 rings (SSSR count). The number of benzene rings is 2. The Morgan fingerprint density at radius 3 is 2.10 bits per heavy atom. The van der Waals surface area contributed by atoms with Gasteiger partial charge in [0.15, 0.2) is 0 Å². The van der Waals surface area contributed by atoms with Crippen molar-refractivity contribution in [3.8, 4) is 11.1 Å². The van der Waals surface area contributed by atoms with E-state index in [1.165, 1.54) is 0 Å². The molecule has 0 aliphatic heterocycles. The third-order valence-electron chi connectivity index (χ3n) is 6.12. The average molecular weight is 415 g/mol. The van der Waals surface area contributed by atoms with E-state index in [0.29, 0.717) is 0 Å². The summed E-state index contributed by atoms with van der Waals surface area (Å²) in [4.78, 5) is 24.0. The number of nitrogens with one attached hydrogen (secondary N) is 1. The summed E-state index contributed by atoms with van der Waals surface area (Å²) in [6.07, 6.45) is -1.48. The van der Waals surface area contributed by atoms with E-state index in [-0.39, 0.29) is 38.2 Å². The monoisotopic (exact) mass is 415 g/mol. The van der Waals surface area contributed by atoms with Crippen molar-refractivity contribution in [2.45, 2.75) is 43.6 Å². The molecule has 1 fully saturated rings. The highest BCUT2D eigenvalue weighted by molar-refractivity contribution is 5.81. The minimum absolute atomic E-state index is 0.0492. The Hall–Kier alpha value is -2.96. The smallest absolute Gasteiger partial charge is 0.407 e. The van der Waals surface area contributed by atoms with Gasteiger partial charge in [0.25, 0.3) is 0 Å². The lowest BCUT2D eigenvalue weighted by Gasteiger charge is -2.31. The van der Waals surface area contributed by atoms with Crippen LogP contribution in [-0.4, -0.2) is 35.7 Å². The van der Waals surface area contributed by atoms with Crippen molar-refractivity contribution in [3.05, 3.63) is 59.7 Å². The van der Waals surface area contributed by atoms with Crippen LogP contribution in [0.2, 0.25) is 0 Å². The average Bonchev–Trinajstić information content (AvgIpc) is 3.04. The molecule has 0 heterocycles. The molecule has 2 aromatic carbocycles. The van der Waals surface area contributed by atoms with Gasteiger partial charge >= 0.3 is 12.1 Å². The number of rotatable bonds is 5. The lowest BCUT2D eigenvalue weighted by atomic mass is 9.82. The number of ether oxygens (including phenoxy) is 1. The summed E-state index contributed by atoms with van der Waals surface area (Å²) < 4.78 is 32.2. The SMILES string of the molecule is O=C(N[C@H](C(=O)O)C1CCC(F)(F)CC1)OCC1c2ccccc2-c2ccccc21. The Morgan fingerprint density at radius 1 is 1.03 bits per heavy atom. The molecule has 1 amide bonds. The number of hydrogen-bond donors (Lipinski definition) is 2. The number of alkyl halides is 2. The van der Waals surface area contributed by atoms with E-state index in [0.717, 1.165) is 22.3 Å². The number of carboxylic acid groups (broad SMARTS) is 1. The van der Waals surface area contributed by atoms with Gasteiger partial charge in [0, 0.05) is 18.8 Å². The quantitative estimate of drug-likeness (QED) is 0.735. The van der Waals surface area contributed by atoms with E-state index in [1.807, 2.05) is 48.5 Å². The van der Waals surface area contributed by atoms with Crippen LogP contribution in [-0.2, 0) is 9.53 Å². The van der Waals surface area contributed by atoms with E-state index in [9.17, 15) is 23.5 Å². The third kappa shape index (κ3) is 4.01. The summed E-state index contributed by atoms with van der Waals surface area (Å²) in [5.41, 5.74) is 4.29. The molecule has 0 spiro atoms. The molecule has 1 atom stereocenters. The van der Waals surface area contributed by atoms with E-state index >= 15 is 0 Å². The summed E-state index contributed by atoms with van der Waals surface area (Å²) in [7, 11) is 0. The fourth-order valence-corrected chi connectivity index (χ4v) is 4.54. The van der Waals surface area contributed by atoms with E-state index in [2.05, 4.69) is 5.32 Å². The first kappa shape index (κ1) is 20.3. The molecule has 0 unspecified atom stereocenters. The molecule has 5 nitrogen and oxygen atoms in total. The van der Waals surface area contributed by atoms with Crippen molar-refractivity contribution >= 4 is 12.1 Å². The molecular formula is C23H23F2NO4. The van der Waals surface area contributed by atoms with Gasteiger partial charge in [-0.25, -0.2) is 18.4 Å². The van der Waals surface area contributed by atoms with Gasteiger partial charge in [-0.1, -0.05) is 48.5 Å². The van der Waals surface area contributed by atoms with Crippen LogP contribution in [0.3, 0.4) is 0 Å². The highest BCUT2D eigenvalue weighted by Gasteiger charge is 2.40. The lowest BCUT2D eigenvalue weighted by molar-refractivity contribution is -0.142. The van der Waals surface area contributed by atoms with Crippen molar-refractivity contribution in [1.82, 2.24) is 5.32 Å². The van der Waals surface area contributed by atoms with E-state index in [4.69, 9.17) is 4.74 Å². The predicted octanol–water partition coefficient (Wildman–Crippen LogP) is 4.80. The van der Waals surface area contributed by atoms with Crippen molar-refractivity contribution in [3.63, 3.8) is 0 Å². The summed E-state index contributed by atoms with van der Waals surface area (Å²) in [6, 6.07) is 14.5. The van der Waals surface area contributed by atoms with Crippen molar-refractivity contribution in [2.24, 2.45) is 5.92 Å². The first-order valence-electron chi connectivity index (χ1n) is 10.1. The van der Waals surface area contributed by atoms with Gasteiger partial charge in [-0.15, -0.1) is 0 Å². The number of carboxylic acids is 1. The fraction of sp³-hybridized carbons (Fsp3) is 0.391. The van der Waals surface area contributed by atoms with Crippen LogP contribution in [0, 0.1) is 5.92 Å². The Kier molecular flexibility index (Phi) is 5.45. The zero-order valence-corrected chi connectivity index (χ0v) is 16.3. The lowest BCUT2D eigenvalue weighted by Crippen LogP contribution is -2.48. The number of amides is 1. The third-order valence-corrected chi connectivity index (χ3v) is 6.12. The molecule has 0 saturated heterocycles. The number of carbonyl (C=O) groups is 2. The number of carbonyl (C=O) groups excluding carboxylic acids is 1. The van der Waals surface area contributed by atoms with Crippen molar-refractivity contribution < 1.29 is 28.2 Å². The Labute approximate surface area is 173 Å². The van der Waals surface area contributed by atoms with Crippen LogP contribution < -0.4 is 5.32 Å². The zero-order chi connectivity index (χ0) is 21.3. The maximum atomic E-state index is 13.4. The zero-order valence-electron chi connectivity index (χ0n) is 16.3. The molecule has 30 heavy (non-hydrogen) atoms. The topological polar surface area (TPSA) is 75.6 Å². The Bertz CT molecular complexity index is 906.